The van der Waals surface area contributed by atoms with Gasteiger partial charge >= 0.3 is 6.01 Å². The fourth-order valence-corrected chi connectivity index (χ4v) is 3.87. The van der Waals surface area contributed by atoms with Crippen LogP contribution in [-0.2, 0) is 9.47 Å². The molecular formula is C20H22N8O4. The van der Waals surface area contributed by atoms with E-state index in [0.717, 1.165) is 5.69 Å². The molecule has 0 spiro atoms. The van der Waals surface area contributed by atoms with Gasteiger partial charge in [0.2, 0.25) is 0 Å². The standard InChI is InChI=1S/C20H22N8O4/c1-27(2)13-4-3-5-14(6-13)32-20-24-25-26-28(20)16-10-31-17-15(9-30-18(16)17)23-19(29)12-7-21-11-22-8-12/h3-8,11,15-18H,9-10H2,1-2H3,(H,23,29). The Morgan fingerprint density at radius 2 is 2.00 bits per heavy atom. The lowest BCUT2D eigenvalue weighted by Gasteiger charge is -2.18. The van der Waals surface area contributed by atoms with Crippen molar-refractivity contribution in [3.63, 3.8) is 0 Å². The summed E-state index contributed by atoms with van der Waals surface area (Å²) < 4.78 is 19.5. The molecule has 5 rings (SSSR count). The molecule has 2 fully saturated rings. The molecular weight excluding hydrogens is 416 g/mol. The maximum Gasteiger partial charge on any atom is 0.341 e. The summed E-state index contributed by atoms with van der Waals surface area (Å²) in [7, 11) is 3.91. The number of aromatic nitrogens is 6. The monoisotopic (exact) mass is 438 g/mol. The minimum atomic E-state index is -0.331. The summed E-state index contributed by atoms with van der Waals surface area (Å²) in [4.78, 5) is 22.2. The second kappa shape index (κ2) is 8.48. The van der Waals surface area contributed by atoms with Gasteiger partial charge < -0.3 is 24.4 Å². The molecule has 12 nitrogen and oxygen atoms in total. The van der Waals surface area contributed by atoms with Crippen molar-refractivity contribution in [2.75, 3.05) is 32.2 Å². The second-order valence-corrected chi connectivity index (χ2v) is 7.77. The molecule has 0 bridgehead atoms. The van der Waals surface area contributed by atoms with E-state index in [1.54, 1.807) is 4.68 Å². The summed E-state index contributed by atoms with van der Waals surface area (Å²) in [5.41, 5.74) is 1.37. The van der Waals surface area contributed by atoms with Crippen molar-refractivity contribution < 1.29 is 19.0 Å². The van der Waals surface area contributed by atoms with Gasteiger partial charge in [-0.15, -0.1) is 0 Å². The van der Waals surface area contributed by atoms with Gasteiger partial charge in [-0.3, -0.25) is 4.79 Å². The highest BCUT2D eigenvalue weighted by molar-refractivity contribution is 5.93. The first-order chi connectivity index (χ1) is 15.6. The first-order valence-electron chi connectivity index (χ1n) is 10.1. The summed E-state index contributed by atoms with van der Waals surface area (Å²) in [5.74, 6) is 0.337. The van der Waals surface area contributed by atoms with Crippen LogP contribution in [0.15, 0.2) is 43.0 Å². The molecule has 2 saturated heterocycles. The number of nitrogens with zero attached hydrogens (tertiary/aromatic N) is 7. The summed E-state index contributed by atoms with van der Waals surface area (Å²) in [6.07, 6.45) is 3.64. The van der Waals surface area contributed by atoms with Gasteiger partial charge in [0.15, 0.2) is 0 Å². The number of tetrazole rings is 1. The quantitative estimate of drug-likeness (QED) is 0.579. The van der Waals surface area contributed by atoms with Gasteiger partial charge in [-0.1, -0.05) is 11.2 Å². The largest absolute Gasteiger partial charge is 0.423 e. The number of carbonyl (C=O) groups is 1. The number of rotatable bonds is 6. The van der Waals surface area contributed by atoms with Crippen LogP contribution in [0.1, 0.15) is 16.4 Å². The van der Waals surface area contributed by atoms with Gasteiger partial charge in [-0.2, -0.15) is 4.68 Å². The molecule has 12 heteroatoms. The Labute approximate surface area is 183 Å². The van der Waals surface area contributed by atoms with Gasteiger partial charge in [-0.05, 0) is 22.6 Å². The Morgan fingerprint density at radius 1 is 1.19 bits per heavy atom. The van der Waals surface area contributed by atoms with Crippen molar-refractivity contribution in [2.45, 2.75) is 24.3 Å². The normalized spacial score (nSPS) is 24.2. The van der Waals surface area contributed by atoms with Gasteiger partial charge in [0.1, 0.15) is 30.3 Å². The van der Waals surface area contributed by atoms with Crippen molar-refractivity contribution in [3.05, 3.63) is 48.5 Å². The van der Waals surface area contributed by atoms with Gasteiger partial charge in [0.05, 0.1) is 24.8 Å². The Balaban J connectivity index is 1.28. The Kier molecular flexibility index (Phi) is 5.37. The lowest BCUT2D eigenvalue weighted by molar-refractivity contribution is 0.0606. The number of fused-ring (bicyclic) bond motifs is 1. The van der Waals surface area contributed by atoms with Crippen LogP contribution in [0.2, 0.25) is 0 Å². The van der Waals surface area contributed by atoms with Crippen molar-refractivity contribution in [1.29, 1.82) is 0 Å². The van der Waals surface area contributed by atoms with Crippen LogP contribution in [0.3, 0.4) is 0 Å². The van der Waals surface area contributed by atoms with Gasteiger partial charge in [0.25, 0.3) is 5.91 Å². The van der Waals surface area contributed by atoms with Crippen LogP contribution >= 0.6 is 0 Å². The van der Waals surface area contributed by atoms with Crippen molar-refractivity contribution >= 4 is 11.6 Å². The number of benzene rings is 1. The minimum Gasteiger partial charge on any atom is -0.423 e. The van der Waals surface area contributed by atoms with Crippen LogP contribution < -0.4 is 15.0 Å². The third-order valence-corrected chi connectivity index (χ3v) is 5.49. The Morgan fingerprint density at radius 3 is 2.81 bits per heavy atom. The van der Waals surface area contributed by atoms with Crippen molar-refractivity contribution in [1.82, 2.24) is 35.5 Å². The number of ether oxygens (including phenoxy) is 3. The highest BCUT2D eigenvalue weighted by Crippen LogP contribution is 2.36. The molecule has 0 saturated carbocycles. The molecule has 2 aromatic heterocycles. The van der Waals surface area contributed by atoms with E-state index in [-0.39, 0.29) is 36.2 Å². The molecule has 4 unspecified atom stereocenters. The number of hydrogen-bond donors (Lipinski definition) is 1. The fourth-order valence-electron chi connectivity index (χ4n) is 3.87. The first kappa shape index (κ1) is 20.3. The van der Waals surface area contributed by atoms with E-state index >= 15 is 0 Å². The molecule has 4 atom stereocenters. The van der Waals surface area contributed by atoms with E-state index in [2.05, 4.69) is 30.8 Å². The van der Waals surface area contributed by atoms with Crippen molar-refractivity contribution in [3.8, 4) is 11.8 Å². The maximum atomic E-state index is 12.5. The Hall–Kier alpha value is -3.64. The van der Waals surface area contributed by atoms with Crippen LogP contribution in [0, 0.1) is 0 Å². The predicted molar refractivity (Wildman–Crippen MR) is 110 cm³/mol. The van der Waals surface area contributed by atoms with Crippen LogP contribution in [0.5, 0.6) is 11.8 Å². The predicted octanol–water partition coefficient (Wildman–Crippen LogP) is 0.459. The minimum absolute atomic E-state index is 0.243. The summed E-state index contributed by atoms with van der Waals surface area (Å²) in [6.45, 7) is 0.643. The zero-order valence-electron chi connectivity index (χ0n) is 17.5. The molecule has 1 amide bonds. The topological polar surface area (TPSA) is 129 Å². The molecule has 32 heavy (non-hydrogen) atoms. The molecule has 0 aliphatic carbocycles. The lowest BCUT2D eigenvalue weighted by atomic mass is 10.1. The van der Waals surface area contributed by atoms with E-state index in [4.69, 9.17) is 14.2 Å². The fraction of sp³-hybridized carbons (Fsp3) is 0.400. The van der Waals surface area contributed by atoms with E-state index in [1.165, 1.54) is 18.7 Å². The lowest BCUT2D eigenvalue weighted by Crippen LogP contribution is -2.44. The average molecular weight is 438 g/mol. The molecule has 1 aromatic carbocycles. The van der Waals surface area contributed by atoms with Crippen molar-refractivity contribution in [2.24, 2.45) is 0 Å². The SMILES string of the molecule is CN(C)c1cccc(Oc2nnnn2C2COC3C(NC(=O)c4cncnc4)COC32)c1. The van der Waals surface area contributed by atoms with E-state index in [1.807, 2.05) is 43.3 Å². The number of anilines is 1. The van der Waals surface area contributed by atoms with Crippen LogP contribution in [0.4, 0.5) is 5.69 Å². The molecule has 1 N–H and O–H groups in total. The average Bonchev–Trinajstić information content (AvgIpc) is 3.52. The molecule has 166 valence electrons. The third-order valence-electron chi connectivity index (χ3n) is 5.49. The third kappa shape index (κ3) is 3.85. The van der Waals surface area contributed by atoms with Crippen LogP contribution in [0.25, 0.3) is 0 Å². The van der Waals surface area contributed by atoms with Gasteiger partial charge in [0, 0.05) is 38.2 Å². The highest BCUT2D eigenvalue weighted by Gasteiger charge is 2.50. The number of amides is 1. The molecule has 0 radical (unpaired) electrons. The molecule has 2 aliphatic rings. The van der Waals surface area contributed by atoms with E-state index < -0.39 is 0 Å². The van der Waals surface area contributed by atoms with E-state index in [0.29, 0.717) is 24.5 Å². The summed E-state index contributed by atoms with van der Waals surface area (Å²) in [6, 6.07) is 7.27. The highest BCUT2D eigenvalue weighted by atomic mass is 16.6. The number of nitrogens with one attached hydrogen (secondary N) is 1. The Bertz CT molecular complexity index is 1090. The molecule has 2 aliphatic heterocycles. The smallest absolute Gasteiger partial charge is 0.341 e. The molecule has 3 aromatic rings. The maximum absolute atomic E-state index is 12.5. The number of hydrogen-bond acceptors (Lipinski definition) is 10. The zero-order chi connectivity index (χ0) is 22.1. The molecule has 4 heterocycles. The second-order valence-electron chi connectivity index (χ2n) is 7.77. The number of carbonyl (C=O) groups excluding carboxylic acids is 1. The first-order valence-corrected chi connectivity index (χ1v) is 10.1. The summed E-state index contributed by atoms with van der Waals surface area (Å²) >= 11 is 0. The summed E-state index contributed by atoms with van der Waals surface area (Å²) in [5, 5.41) is 14.8. The van der Waals surface area contributed by atoms with E-state index in [9.17, 15) is 4.79 Å². The van der Waals surface area contributed by atoms with Gasteiger partial charge in [-0.25, -0.2) is 9.97 Å². The van der Waals surface area contributed by atoms with Crippen LogP contribution in [-0.4, -0.2) is 81.6 Å². The zero-order valence-corrected chi connectivity index (χ0v) is 17.5.